The lowest BCUT2D eigenvalue weighted by Gasteiger charge is -2.01. The van der Waals surface area contributed by atoms with E-state index in [0.717, 1.165) is 4.90 Å². The number of benzene rings is 2. The van der Waals surface area contributed by atoms with Gasteiger partial charge in [0.25, 0.3) is 0 Å². The van der Waals surface area contributed by atoms with Crippen LogP contribution in [0.3, 0.4) is 0 Å². The SMILES string of the molecule is O=C(CSc1ccc(F)cc1)Nc1nnc(-c2ccc(Cl)cc2)o1. The smallest absolute Gasteiger partial charge is 0.322 e. The molecule has 0 unspecified atom stereocenters. The number of hydrogen-bond donors (Lipinski definition) is 1. The first-order chi connectivity index (χ1) is 11.6. The Morgan fingerprint density at radius 3 is 2.54 bits per heavy atom. The number of nitrogens with zero attached hydrogens (tertiary/aromatic N) is 2. The van der Waals surface area contributed by atoms with Crippen molar-refractivity contribution in [2.24, 2.45) is 0 Å². The first-order valence-corrected chi connectivity index (χ1v) is 8.24. The van der Waals surface area contributed by atoms with Crippen molar-refractivity contribution in [2.75, 3.05) is 11.1 Å². The molecule has 5 nitrogen and oxygen atoms in total. The molecule has 1 aromatic heterocycles. The van der Waals surface area contributed by atoms with Crippen LogP contribution in [0.25, 0.3) is 11.5 Å². The molecule has 3 rings (SSSR count). The number of thioether (sulfide) groups is 1. The molecule has 0 atom stereocenters. The van der Waals surface area contributed by atoms with Crippen LogP contribution in [-0.2, 0) is 4.79 Å². The van der Waals surface area contributed by atoms with E-state index in [4.69, 9.17) is 16.0 Å². The Morgan fingerprint density at radius 2 is 1.83 bits per heavy atom. The highest BCUT2D eigenvalue weighted by Crippen LogP contribution is 2.22. The molecule has 1 N–H and O–H groups in total. The Labute approximate surface area is 146 Å². The van der Waals surface area contributed by atoms with Gasteiger partial charge in [-0.15, -0.1) is 16.9 Å². The summed E-state index contributed by atoms with van der Waals surface area (Å²) in [5.74, 6) is -0.183. The van der Waals surface area contributed by atoms with E-state index in [9.17, 15) is 9.18 Å². The number of carbonyl (C=O) groups is 1. The first-order valence-electron chi connectivity index (χ1n) is 6.88. The maximum atomic E-state index is 12.8. The largest absolute Gasteiger partial charge is 0.403 e. The van der Waals surface area contributed by atoms with Crippen molar-refractivity contribution in [3.63, 3.8) is 0 Å². The minimum atomic E-state index is -0.315. The molecule has 1 heterocycles. The zero-order valence-electron chi connectivity index (χ0n) is 12.2. The van der Waals surface area contributed by atoms with E-state index in [0.29, 0.717) is 10.6 Å². The van der Waals surface area contributed by atoms with Gasteiger partial charge in [-0.2, -0.15) is 0 Å². The molecule has 24 heavy (non-hydrogen) atoms. The maximum Gasteiger partial charge on any atom is 0.322 e. The molecule has 0 aliphatic carbocycles. The third-order valence-corrected chi connectivity index (χ3v) is 4.21. The highest BCUT2D eigenvalue weighted by molar-refractivity contribution is 8.00. The van der Waals surface area contributed by atoms with Crippen LogP contribution in [0.4, 0.5) is 10.4 Å². The summed E-state index contributed by atoms with van der Waals surface area (Å²) in [5, 5.41) is 10.8. The van der Waals surface area contributed by atoms with Gasteiger partial charge in [-0.05, 0) is 48.5 Å². The molecular formula is C16H11ClFN3O2S. The minimum absolute atomic E-state index is 0.0182. The molecule has 0 fully saturated rings. The Hall–Kier alpha value is -2.38. The third-order valence-electron chi connectivity index (χ3n) is 2.95. The van der Waals surface area contributed by atoms with Crippen LogP contribution in [0.1, 0.15) is 0 Å². The van der Waals surface area contributed by atoms with Gasteiger partial charge in [0.1, 0.15) is 5.82 Å². The second kappa shape index (κ2) is 7.46. The molecule has 3 aromatic rings. The fourth-order valence-corrected chi connectivity index (χ4v) is 2.64. The summed E-state index contributed by atoms with van der Waals surface area (Å²) in [4.78, 5) is 12.7. The van der Waals surface area contributed by atoms with Gasteiger partial charge in [-0.1, -0.05) is 16.7 Å². The second-order valence-corrected chi connectivity index (χ2v) is 6.20. The number of aromatic nitrogens is 2. The number of rotatable bonds is 5. The van der Waals surface area contributed by atoms with E-state index < -0.39 is 0 Å². The number of halogens is 2. The number of carbonyl (C=O) groups excluding carboxylic acids is 1. The van der Waals surface area contributed by atoms with Gasteiger partial charge in [0, 0.05) is 15.5 Å². The standard InChI is InChI=1S/C16H11ClFN3O2S/c17-11-3-1-10(2-4-11)15-20-21-16(23-15)19-14(22)9-24-13-7-5-12(18)6-8-13/h1-8H,9H2,(H,19,21,22). The van der Waals surface area contributed by atoms with E-state index >= 15 is 0 Å². The molecule has 0 radical (unpaired) electrons. The molecule has 0 aliphatic rings. The van der Waals surface area contributed by atoms with Crippen LogP contribution < -0.4 is 5.32 Å². The monoisotopic (exact) mass is 363 g/mol. The molecule has 0 spiro atoms. The lowest BCUT2D eigenvalue weighted by molar-refractivity contribution is -0.113. The van der Waals surface area contributed by atoms with Crippen molar-refractivity contribution < 1.29 is 13.6 Å². The topological polar surface area (TPSA) is 68.0 Å². The molecule has 0 bridgehead atoms. The number of anilines is 1. The molecule has 0 saturated carbocycles. The van der Waals surface area contributed by atoms with Crippen molar-refractivity contribution in [2.45, 2.75) is 4.90 Å². The lowest BCUT2D eigenvalue weighted by atomic mass is 10.2. The molecule has 0 aliphatic heterocycles. The van der Waals surface area contributed by atoms with Gasteiger partial charge >= 0.3 is 6.01 Å². The van der Waals surface area contributed by atoms with Gasteiger partial charge in [-0.3, -0.25) is 10.1 Å². The zero-order valence-corrected chi connectivity index (χ0v) is 13.8. The fourth-order valence-electron chi connectivity index (χ4n) is 1.82. The zero-order chi connectivity index (χ0) is 16.9. The predicted molar refractivity (Wildman–Crippen MR) is 90.5 cm³/mol. The predicted octanol–water partition coefficient (Wildman–Crippen LogP) is 4.26. The van der Waals surface area contributed by atoms with Crippen molar-refractivity contribution in [3.05, 3.63) is 59.4 Å². The van der Waals surface area contributed by atoms with Crippen LogP contribution in [0.15, 0.2) is 57.8 Å². The van der Waals surface area contributed by atoms with E-state index in [1.807, 2.05) is 0 Å². The number of nitrogens with one attached hydrogen (secondary N) is 1. The summed E-state index contributed by atoms with van der Waals surface area (Å²) in [6.45, 7) is 0. The van der Waals surface area contributed by atoms with Crippen molar-refractivity contribution in [3.8, 4) is 11.5 Å². The van der Waals surface area contributed by atoms with Gasteiger partial charge < -0.3 is 4.42 Å². The fraction of sp³-hybridized carbons (Fsp3) is 0.0625. The van der Waals surface area contributed by atoms with E-state index in [-0.39, 0.29) is 29.4 Å². The van der Waals surface area contributed by atoms with Crippen LogP contribution in [-0.4, -0.2) is 21.9 Å². The molecule has 0 saturated heterocycles. The Morgan fingerprint density at radius 1 is 1.12 bits per heavy atom. The van der Waals surface area contributed by atoms with E-state index in [2.05, 4.69) is 15.5 Å². The molecule has 2 aromatic carbocycles. The highest BCUT2D eigenvalue weighted by Gasteiger charge is 2.11. The maximum absolute atomic E-state index is 12.8. The van der Waals surface area contributed by atoms with Crippen molar-refractivity contribution in [1.82, 2.24) is 10.2 Å². The Kier molecular flexibility index (Phi) is 5.12. The summed E-state index contributed by atoms with van der Waals surface area (Å²) in [6.07, 6.45) is 0. The lowest BCUT2D eigenvalue weighted by Crippen LogP contribution is -2.14. The first kappa shape index (κ1) is 16.5. The summed E-state index contributed by atoms with van der Waals surface area (Å²) in [5.41, 5.74) is 0.702. The van der Waals surface area contributed by atoms with Crippen LogP contribution >= 0.6 is 23.4 Å². The highest BCUT2D eigenvalue weighted by atomic mass is 35.5. The minimum Gasteiger partial charge on any atom is -0.403 e. The van der Waals surface area contributed by atoms with Crippen LogP contribution in [0.2, 0.25) is 5.02 Å². The van der Waals surface area contributed by atoms with Crippen LogP contribution in [0.5, 0.6) is 0 Å². The van der Waals surface area contributed by atoms with Gasteiger partial charge in [0.15, 0.2) is 0 Å². The molecule has 122 valence electrons. The normalized spacial score (nSPS) is 10.6. The summed E-state index contributed by atoms with van der Waals surface area (Å²) < 4.78 is 18.2. The Balaban J connectivity index is 1.57. The molecule has 8 heteroatoms. The van der Waals surface area contributed by atoms with Crippen molar-refractivity contribution >= 4 is 35.3 Å². The quantitative estimate of drug-likeness (QED) is 0.686. The van der Waals surface area contributed by atoms with Crippen molar-refractivity contribution in [1.29, 1.82) is 0 Å². The number of amides is 1. The Bertz CT molecular complexity index is 837. The average Bonchev–Trinajstić information content (AvgIpc) is 3.03. The number of hydrogen-bond acceptors (Lipinski definition) is 5. The summed E-state index contributed by atoms with van der Waals surface area (Å²) >= 11 is 7.10. The second-order valence-electron chi connectivity index (χ2n) is 4.71. The average molecular weight is 364 g/mol. The molecular weight excluding hydrogens is 353 g/mol. The van der Waals surface area contributed by atoms with E-state index in [1.54, 1.807) is 36.4 Å². The molecule has 1 amide bonds. The summed E-state index contributed by atoms with van der Waals surface area (Å²) in [7, 11) is 0. The van der Waals surface area contributed by atoms with Gasteiger partial charge in [-0.25, -0.2) is 4.39 Å². The van der Waals surface area contributed by atoms with Crippen LogP contribution in [0, 0.1) is 5.82 Å². The summed E-state index contributed by atoms with van der Waals surface area (Å²) in [6, 6.07) is 12.8. The van der Waals surface area contributed by atoms with Gasteiger partial charge in [0.05, 0.1) is 5.75 Å². The van der Waals surface area contributed by atoms with E-state index in [1.165, 1.54) is 23.9 Å². The van der Waals surface area contributed by atoms with Gasteiger partial charge in [0.2, 0.25) is 11.8 Å². The third kappa shape index (κ3) is 4.33.